The van der Waals surface area contributed by atoms with Gasteiger partial charge in [-0.1, -0.05) is 12.2 Å². The van der Waals surface area contributed by atoms with Crippen LogP contribution < -0.4 is 0 Å². The van der Waals surface area contributed by atoms with Crippen LogP contribution >= 0.6 is 0 Å². The van der Waals surface area contributed by atoms with Crippen LogP contribution in [-0.4, -0.2) is 38.1 Å². The van der Waals surface area contributed by atoms with Crippen LogP contribution in [0.5, 0.6) is 0 Å². The normalized spacial score (nSPS) is 11.4. The van der Waals surface area contributed by atoms with E-state index >= 15 is 0 Å². The SMILES string of the molecule is C=CCC(=O)OCC(COCF)OC(=O)CC=C. The van der Waals surface area contributed by atoms with Crippen LogP contribution in [-0.2, 0) is 23.8 Å². The third-order valence-corrected chi connectivity index (χ3v) is 1.73. The molecule has 0 saturated heterocycles. The molecule has 102 valence electrons. The summed E-state index contributed by atoms with van der Waals surface area (Å²) in [5.74, 6) is -1.05. The van der Waals surface area contributed by atoms with E-state index in [0.717, 1.165) is 0 Å². The van der Waals surface area contributed by atoms with Gasteiger partial charge in [-0.15, -0.1) is 13.2 Å². The van der Waals surface area contributed by atoms with E-state index in [1.54, 1.807) is 0 Å². The van der Waals surface area contributed by atoms with Crippen LogP contribution in [0.4, 0.5) is 4.39 Å². The molecule has 0 aromatic heterocycles. The van der Waals surface area contributed by atoms with Crippen molar-refractivity contribution in [1.29, 1.82) is 0 Å². The Morgan fingerprint density at radius 3 is 2.28 bits per heavy atom. The van der Waals surface area contributed by atoms with Crippen LogP contribution in [0.2, 0.25) is 0 Å². The van der Waals surface area contributed by atoms with E-state index in [9.17, 15) is 14.0 Å². The Hall–Kier alpha value is -1.69. The molecule has 0 saturated carbocycles. The van der Waals surface area contributed by atoms with Crippen molar-refractivity contribution in [3.63, 3.8) is 0 Å². The summed E-state index contributed by atoms with van der Waals surface area (Å²) >= 11 is 0. The van der Waals surface area contributed by atoms with Crippen molar-refractivity contribution in [3.05, 3.63) is 25.3 Å². The fourth-order valence-electron chi connectivity index (χ4n) is 1.01. The lowest BCUT2D eigenvalue weighted by molar-refractivity contribution is -0.162. The average Bonchev–Trinajstić information content (AvgIpc) is 2.33. The molecule has 0 bridgehead atoms. The monoisotopic (exact) mass is 260 g/mol. The molecule has 0 N–H and O–H groups in total. The molecule has 0 aromatic carbocycles. The van der Waals surface area contributed by atoms with Crippen molar-refractivity contribution in [2.45, 2.75) is 18.9 Å². The highest BCUT2D eigenvalue weighted by molar-refractivity contribution is 5.72. The lowest BCUT2D eigenvalue weighted by Crippen LogP contribution is -2.29. The lowest BCUT2D eigenvalue weighted by atomic mass is 10.3. The predicted molar refractivity (Wildman–Crippen MR) is 62.4 cm³/mol. The zero-order valence-corrected chi connectivity index (χ0v) is 10.1. The summed E-state index contributed by atoms with van der Waals surface area (Å²) in [6, 6.07) is 0. The topological polar surface area (TPSA) is 61.8 Å². The molecule has 0 heterocycles. The van der Waals surface area contributed by atoms with Gasteiger partial charge in [0.2, 0.25) is 0 Å². The van der Waals surface area contributed by atoms with Gasteiger partial charge in [0.1, 0.15) is 6.61 Å². The molecule has 18 heavy (non-hydrogen) atoms. The van der Waals surface area contributed by atoms with Crippen molar-refractivity contribution < 1.29 is 28.2 Å². The molecule has 5 nitrogen and oxygen atoms in total. The average molecular weight is 260 g/mol. The second-order valence-corrected chi connectivity index (χ2v) is 3.26. The number of alkyl halides is 1. The zero-order valence-electron chi connectivity index (χ0n) is 10.1. The fraction of sp³-hybridized carbons (Fsp3) is 0.500. The standard InChI is InChI=1S/C12H17FO5/c1-3-5-11(14)17-8-10(7-16-9-13)18-12(15)6-4-2/h3-4,10H,1-2,5-9H2. The van der Waals surface area contributed by atoms with Crippen LogP contribution in [0.1, 0.15) is 12.8 Å². The van der Waals surface area contributed by atoms with Crippen molar-refractivity contribution in [2.75, 3.05) is 20.1 Å². The molecule has 0 amide bonds. The summed E-state index contributed by atoms with van der Waals surface area (Å²) in [6.07, 6.45) is 2.00. The summed E-state index contributed by atoms with van der Waals surface area (Å²) in [5, 5.41) is 0. The minimum atomic E-state index is -1.00. The van der Waals surface area contributed by atoms with E-state index in [2.05, 4.69) is 17.9 Å². The van der Waals surface area contributed by atoms with E-state index < -0.39 is 24.9 Å². The van der Waals surface area contributed by atoms with Gasteiger partial charge in [0.05, 0.1) is 19.4 Å². The first kappa shape index (κ1) is 16.3. The Labute approximate surface area is 105 Å². The summed E-state index contributed by atoms with van der Waals surface area (Å²) in [4.78, 5) is 22.3. The van der Waals surface area contributed by atoms with E-state index in [4.69, 9.17) is 9.47 Å². The zero-order chi connectivity index (χ0) is 13.8. The van der Waals surface area contributed by atoms with Gasteiger partial charge in [-0.25, -0.2) is 4.39 Å². The maximum Gasteiger partial charge on any atom is 0.310 e. The molecule has 6 heteroatoms. The Morgan fingerprint density at radius 2 is 1.72 bits per heavy atom. The minimum Gasteiger partial charge on any atom is -0.461 e. The number of carbonyl (C=O) groups excluding carboxylic acids is 2. The van der Waals surface area contributed by atoms with Crippen molar-refractivity contribution in [2.24, 2.45) is 0 Å². The highest BCUT2D eigenvalue weighted by atomic mass is 19.1. The smallest absolute Gasteiger partial charge is 0.310 e. The van der Waals surface area contributed by atoms with Crippen molar-refractivity contribution in [1.82, 2.24) is 0 Å². The first-order valence-electron chi connectivity index (χ1n) is 5.34. The Morgan fingerprint density at radius 1 is 1.11 bits per heavy atom. The van der Waals surface area contributed by atoms with Gasteiger partial charge in [0.15, 0.2) is 13.0 Å². The predicted octanol–water partition coefficient (Wildman–Crippen LogP) is 1.54. The molecular weight excluding hydrogens is 243 g/mol. The van der Waals surface area contributed by atoms with Crippen molar-refractivity contribution >= 4 is 11.9 Å². The van der Waals surface area contributed by atoms with E-state index in [1.165, 1.54) is 12.2 Å². The number of halogens is 1. The molecule has 0 aromatic rings. The van der Waals surface area contributed by atoms with Gasteiger partial charge in [0.25, 0.3) is 0 Å². The van der Waals surface area contributed by atoms with E-state index in [-0.39, 0.29) is 26.1 Å². The fourth-order valence-corrected chi connectivity index (χ4v) is 1.01. The lowest BCUT2D eigenvalue weighted by Gasteiger charge is -2.16. The molecular formula is C12H17FO5. The van der Waals surface area contributed by atoms with Gasteiger partial charge in [-0.05, 0) is 0 Å². The molecule has 0 aliphatic rings. The Balaban J connectivity index is 4.12. The second-order valence-electron chi connectivity index (χ2n) is 3.26. The number of hydrogen-bond donors (Lipinski definition) is 0. The second kappa shape index (κ2) is 10.5. The number of rotatable bonds is 10. The third kappa shape index (κ3) is 8.46. The number of ether oxygens (including phenoxy) is 3. The van der Waals surface area contributed by atoms with Crippen LogP contribution in [0, 0.1) is 0 Å². The highest BCUT2D eigenvalue weighted by Gasteiger charge is 2.16. The van der Waals surface area contributed by atoms with Gasteiger partial charge in [-0.3, -0.25) is 9.59 Å². The number of hydrogen-bond acceptors (Lipinski definition) is 5. The molecule has 1 atom stereocenters. The molecule has 0 fully saturated rings. The quantitative estimate of drug-likeness (QED) is 0.440. The van der Waals surface area contributed by atoms with Crippen molar-refractivity contribution in [3.8, 4) is 0 Å². The highest BCUT2D eigenvalue weighted by Crippen LogP contribution is 2.00. The molecule has 0 rings (SSSR count). The molecule has 0 radical (unpaired) electrons. The van der Waals surface area contributed by atoms with Gasteiger partial charge >= 0.3 is 11.9 Å². The maximum atomic E-state index is 11.9. The van der Waals surface area contributed by atoms with Gasteiger partial charge < -0.3 is 14.2 Å². The maximum absolute atomic E-state index is 11.9. The largest absolute Gasteiger partial charge is 0.461 e. The Bertz CT molecular complexity index is 290. The van der Waals surface area contributed by atoms with Crippen LogP contribution in [0.3, 0.4) is 0 Å². The number of carbonyl (C=O) groups is 2. The summed E-state index contributed by atoms with van der Waals surface area (Å²) in [6.45, 7) is 5.39. The minimum absolute atomic E-state index is 0.0206. The van der Waals surface area contributed by atoms with Crippen LogP contribution in [0.25, 0.3) is 0 Å². The van der Waals surface area contributed by atoms with E-state index in [1.807, 2.05) is 0 Å². The summed E-state index contributed by atoms with van der Waals surface area (Å²) < 4.78 is 26.1. The van der Waals surface area contributed by atoms with E-state index in [0.29, 0.717) is 0 Å². The molecule has 0 spiro atoms. The first-order chi connectivity index (χ1) is 8.63. The molecule has 1 unspecified atom stereocenters. The van der Waals surface area contributed by atoms with Gasteiger partial charge in [0, 0.05) is 0 Å². The summed E-state index contributed by atoms with van der Waals surface area (Å²) in [7, 11) is 0. The van der Waals surface area contributed by atoms with Gasteiger partial charge in [-0.2, -0.15) is 0 Å². The third-order valence-electron chi connectivity index (χ3n) is 1.73. The summed E-state index contributed by atoms with van der Waals surface area (Å²) in [5.41, 5.74) is 0. The Kier molecular flexibility index (Phi) is 9.48. The molecule has 0 aliphatic heterocycles. The number of esters is 2. The van der Waals surface area contributed by atoms with Crippen LogP contribution in [0.15, 0.2) is 25.3 Å². The first-order valence-corrected chi connectivity index (χ1v) is 5.34. The molecule has 0 aliphatic carbocycles.